The molecule has 6 nitrogen and oxygen atoms in total. The summed E-state index contributed by atoms with van der Waals surface area (Å²) >= 11 is 0. The molecule has 142 valence electrons. The molecule has 1 N–H and O–H groups in total. The Hall–Kier alpha value is -2.80. The maximum Gasteiger partial charge on any atom is 0.332 e. The van der Waals surface area contributed by atoms with Crippen molar-refractivity contribution in [1.82, 2.24) is 10.3 Å². The number of carbonyl (C=O) groups is 2. The van der Waals surface area contributed by atoms with Gasteiger partial charge < -0.3 is 14.8 Å². The van der Waals surface area contributed by atoms with Crippen LogP contribution >= 0.6 is 0 Å². The number of aromatic nitrogens is 1. The fraction of sp³-hybridized carbons (Fsp3) is 0.350. The van der Waals surface area contributed by atoms with Crippen LogP contribution in [0, 0.1) is 5.82 Å². The first kappa shape index (κ1) is 19.0. The number of nitrogens with zero attached hydrogens (tertiary/aromatic N) is 1. The second-order valence-corrected chi connectivity index (χ2v) is 6.31. The molecule has 0 aliphatic carbocycles. The number of esters is 1. The molecular formula is C20H21FN2O4. The quantitative estimate of drug-likeness (QED) is 0.817. The summed E-state index contributed by atoms with van der Waals surface area (Å²) in [6.07, 6.45) is 2.12. The first-order chi connectivity index (χ1) is 13.0. The van der Waals surface area contributed by atoms with Gasteiger partial charge >= 0.3 is 5.97 Å². The summed E-state index contributed by atoms with van der Waals surface area (Å²) in [5.74, 6) is -1.22. The molecule has 1 aliphatic rings. The van der Waals surface area contributed by atoms with Crippen molar-refractivity contribution < 1.29 is 23.5 Å². The highest BCUT2D eigenvalue weighted by atomic mass is 19.1. The number of rotatable bonds is 5. The van der Waals surface area contributed by atoms with Crippen LogP contribution < -0.4 is 5.32 Å². The molecule has 0 saturated carbocycles. The average Bonchev–Trinajstić information content (AvgIpc) is 2.69. The van der Waals surface area contributed by atoms with E-state index in [1.165, 1.54) is 18.3 Å². The predicted molar refractivity (Wildman–Crippen MR) is 96.5 cm³/mol. The van der Waals surface area contributed by atoms with E-state index in [4.69, 9.17) is 9.47 Å². The number of carbonyl (C=O) groups excluding carboxylic acids is 2. The Kier molecular flexibility index (Phi) is 5.81. The van der Waals surface area contributed by atoms with Gasteiger partial charge in [0.2, 0.25) is 0 Å². The number of benzene rings is 1. The Morgan fingerprint density at radius 1 is 1.26 bits per heavy atom. The van der Waals surface area contributed by atoms with Crippen molar-refractivity contribution in [3.8, 4) is 11.3 Å². The summed E-state index contributed by atoms with van der Waals surface area (Å²) in [7, 11) is 0. The van der Waals surface area contributed by atoms with E-state index in [-0.39, 0.29) is 12.4 Å². The number of pyridine rings is 1. The smallest absolute Gasteiger partial charge is 0.332 e. The van der Waals surface area contributed by atoms with E-state index in [9.17, 15) is 14.0 Å². The van der Waals surface area contributed by atoms with Crippen LogP contribution in [0.5, 0.6) is 0 Å². The number of hydrogen-bond acceptors (Lipinski definition) is 5. The van der Waals surface area contributed by atoms with Crippen LogP contribution in [-0.2, 0) is 14.3 Å². The molecule has 0 atom stereocenters. The second kappa shape index (κ2) is 8.26. The highest BCUT2D eigenvalue weighted by Gasteiger charge is 2.43. The number of hydrogen-bond donors (Lipinski definition) is 1. The molecule has 1 aliphatic heterocycles. The van der Waals surface area contributed by atoms with Crippen LogP contribution in [0.3, 0.4) is 0 Å². The summed E-state index contributed by atoms with van der Waals surface area (Å²) in [6.45, 7) is 2.70. The van der Waals surface area contributed by atoms with Crippen molar-refractivity contribution in [1.29, 1.82) is 0 Å². The lowest BCUT2D eigenvalue weighted by molar-refractivity contribution is -0.154. The van der Waals surface area contributed by atoms with Crippen molar-refractivity contribution in [3.05, 3.63) is 54.0 Å². The number of amides is 1. The van der Waals surface area contributed by atoms with E-state index in [2.05, 4.69) is 10.3 Å². The molecule has 1 amide bonds. The maximum atomic E-state index is 13.4. The van der Waals surface area contributed by atoms with Crippen LogP contribution in [0.4, 0.5) is 4.39 Å². The van der Waals surface area contributed by atoms with E-state index in [0.717, 1.165) is 0 Å². The fourth-order valence-electron chi connectivity index (χ4n) is 3.01. The summed E-state index contributed by atoms with van der Waals surface area (Å²) in [6, 6.07) is 9.31. The predicted octanol–water partition coefficient (Wildman–Crippen LogP) is 2.73. The third kappa shape index (κ3) is 4.31. The Balaban J connectivity index is 1.77. The number of halogens is 1. The van der Waals surface area contributed by atoms with Crippen molar-refractivity contribution in [3.63, 3.8) is 0 Å². The number of ether oxygens (including phenoxy) is 2. The zero-order chi connectivity index (χ0) is 19.3. The van der Waals surface area contributed by atoms with Crippen molar-refractivity contribution >= 4 is 11.9 Å². The molecule has 1 aromatic carbocycles. The van der Waals surface area contributed by atoms with E-state index < -0.39 is 17.4 Å². The van der Waals surface area contributed by atoms with E-state index in [0.29, 0.717) is 42.9 Å². The van der Waals surface area contributed by atoms with Crippen molar-refractivity contribution in [2.24, 2.45) is 0 Å². The Labute approximate surface area is 156 Å². The lowest BCUT2D eigenvalue weighted by Crippen LogP contribution is -2.58. The third-order valence-electron chi connectivity index (χ3n) is 4.51. The summed E-state index contributed by atoms with van der Waals surface area (Å²) < 4.78 is 23.8. The van der Waals surface area contributed by atoms with Crippen LogP contribution in [0.25, 0.3) is 11.3 Å². The zero-order valence-electron chi connectivity index (χ0n) is 15.0. The minimum atomic E-state index is -1.09. The normalized spacial score (nSPS) is 15.8. The Morgan fingerprint density at radius 2 is 2.04 bits per heavy atom. The minimum Gasteiger partial charge on any atom is -0.464 e. The molecule has 27 heavy (non-hydrogen) atoms. The van der Waals surface area contributed by atoms with E-state index >= 15 is 0 Å². The molecule has 2 aromatic rings. The Bertz CT molecular complexity index is 817. The summed E-state index contributed by atoms with van der Waals surface area (Å²) in [5, 5.41) is 2.81. The average molecular weight is 372 g/mol. The highest BCUT2D eigenvalue weighted by molar-refractivity contribution is 5.98. The molecule has 7 heteroatoms. The minimum absolute atomic E-state index is 0.237. The zero-order valence-corrected chi connectivity index (χ0v) is 15.0. The summed E-state index contributed by atoms with van der Waals surface area (Å²) in [5.41, 5.74) is 0.393. The lowest BCUT2D eigenvalue weighted by Gasteiger charge is -2.35. The molecule has 2 heterocycles. The van der Waals surface area contributed by atoms with Gasteiger partial charge in [-0.3, -0.25) is 9.78 Å². The van der Waals surface area contributed by atoms with Gasteiger partial charge in [0.25, 0.3) is 5.91 Å². The second-order valence-electron chi connectivity index (χ2n) is 6.31. The molecule has 0 spiro atoms. The number of nitrogens with one attached hydrogen (secondary N) is 1. The molecule has 3 rings (SSSR count). The molecule has 1 saturated heterocycles. The largest absolute Gasteiger partial charge is 0.464 e. The third-order valence-corrected chi connectivity index (χ3v) is 4.51. The highest BCUT2D eigenvalue weighted by Crippen LogP contribution is 2.24. The summed E-state index contributed by atoms with van der Waals surface area (Å²) in [4.78, 5) is 29.3. The van der Waals surface area contributed by atoms with E-state index in [1.54, 1.807) is 31.2 Å². The fourth-order valence-corrected chi connectivity index (χ4v) is 3.01. The van der Waals surface area contributed by atoms with Gasteiger partial charge in [0, 0.05) is 37.8 Å². The molecule has 0 bridgehead atoms. The standard InChI is InChI=1S/C20H21FN2O4/c1-2-27-19(25)20(8-10-26-11-9-20)23-18(24)15-6-7-17(22-13-15)14-4-3-5-16(21)12-14/h3-7,12-13H,2,8-11H2,1H3,(H,23,24). The van der Waals surface area contributed by atoms with Crippen LogP contribution in [-0.4, -0.2) is 42.2 Å². The lowest BCUT2D eigenvalue weighted by atomic mass is 9.89. The van der Waals surface area contributed by atoms with Gasteiger partial charge in [0.05, 0.1) is 17.9 Å². The SMILES string of the molecule is CCOC(=O)C1(NC(=O)c2ccc(-c3cccc(F)c3)nc2)CCOCC1. The van der Waals surface area contributed by atoms with Crippen LogP contribution in [0.2, 0.25) is 0 Å². The monoisotopic (exact) mass is 372 g/mol. The van der Waals surface area contributed by atoms with Crippen LogP contribution in [0.1, 0.15) is 30.1 Å². The topological polar surface area (TPSA) is 77.5 Å². The first-order valence-electron chi connectivity index (χ1n) is 8.83. The van der Waals surface area contributed by atoms with Crippen molar-refractivity contribution in [2.75, 3.05) is 19.8 Å². The molecular weight excluding hydrogens is 351 g/mol. The van der Waals surface area contributed by atoms with Crippen LogP contribution in [0.15, 0.2) is 42.6 Å². The molecule has 0 unspecified atom stereocenters. The van der Waals surface area contributed by atoms with Gasteiger partial charge in [0.1, 0.15) is 11.4 Å². The maximum absolute atomic E-state index is 13.4. The molecule has 1 aromatic heterocycles. The van der Waals surface area contributed by atoms with Crippen molar-refractivity contribution in [2.45, 2.75) is 25.3 Å². The van der Waals surface area contributed by atoms with E-state index in [1.807, 2.05) is 0 Å². The molecule has 1 fully saturated rings. The Morgan fingerprint density at radius 3 is 2.67 bits per heavy atom. The van der Waals surface area contributed by atoms with Gasteiger partial charge in [-0.15, -0.1) is 0 Å². The van der Waals surface area contributed by atoms with Gasteiger partial charge in [-0.2, -0.15) is 0 Å². The van der Waals surface area contributed by atoms with Gasteiger partial charge in [-0.05, 0) is 31.2 Å². The first-order valence-corrected chi connectivity index (χ1v) is 8.83. The van der Waals surface area contributed by atoms with Gasteiger partial charge in [-0.1, -0.05) is 12.1 Å². The van der Waals surface area contributed by atoms with Gasteiger partial charge in [0.15, 0.2) is 0 Å². The molecule has 0 radical (unpaired) electrons. The van der Waals surface area contributed by atoms with Gasteiger partial charge in [-0.25, -0.2) is 9.18 Å².